The van der Waals surface area contributed by atoms with Gasteiger partial charge in [0.25, 0.3) is 0 Å². The number of benzene rings is 2. The first kappa shape index (κ1) is 12.0. The lowest BCUT2D eigenvalue weighted by molar-refractivity contribution is 0.412. The number of nitrogens with zero attached hydrogens (tertiary/aromatic N) is 1. The SMILES string of the molecule is COc1ccc(-c2nc3cc(N)ccc3o2)cc1Br. The number of anilines is 1. The maximum absolute atomic E-state index is 5.73. The molecular formula is C14H11BrN2O2. The molecule has 0 bridgehead atoms. The first-order chi connectivity index (χ1) is 9.17. The molecule has 0 spiro atoms. The molecule has 0 aliphatic heterocycles. The molecule has 0 unspecified atom stereocenters. The molecule has 0 radical (unpaired) electrons. The number of fused-ring (bicyclic) bond motifs is 1. The summed E-state index contributed by atoms with van der Waals surface area (Å²) in [6.07, 6.45) is 0. The lowest BCUT2D eigenvalue weighted by atomic mass is 10.2. The van der Waals surface area contributed by atoms with Gasteiger partial charge in [0.1, 0.15) is 11.3 Å². The van der Waals surface area contributed by atoms with Gasteiger partial charge in [0.2, 0.25) is 5.89 Å². The van der Waals surface area contributed by atoms with Crippen molar-refractivity contribution in [2.24, 2.45) is 0 Å². The minimum atomic E-state index is 0.559. The first-order valence-corrected chi connectivity index (χ1v) is 6.46. The number of rotatable bonds is 2. The molecule has 3 rings (SSSR count). The van der Waals surface area contributed by atoms with Gasteiger partial charge < -0.3 is 14.9 Å². The number of ether oxygens (including phenoxy) is 1. The highest BCUT2D eigenvalue weighted by atomic mass is 79.9. The van der Waals surface area contributed by atoms with Crippen molar-refractivity contribution in [3.05, 3.63) is 40.9 Å². The molecule has 0 saturated carbocycles. The summed E-state index contributed by atoms with van der Waals surface area (Å²) in [5, 5.41) is 0. The Morgan fingerprint density at radius 2 is 2.05 bits per heavy atom. The topological polar surface area (TPSA) is 61.3 Å². The van der Waals surface area contributed by atoms with Crippen molar-refractivity contribution >= 4 is 32.7 Å². The van der Waals surface area contributed by atoms with Crippen LogP contribution < -0.4 is 10.5 Å². The fraction of sp³-hybridized carbons (Fsp3) is 0.0714. The van der Waals surface area contributed by atoms with Gasteiger partial charge in [-0.2, -0.15) is 0 Å². The van der Waals surface area contributed by atoms with Gasteiger partial charge in [0, 0.05) is 11.3 Å². The Kier molecular flexibility index (Phi) is 2.91. The van der Waals surface area contributed by atoms with Crippen LogP contribution in [-0.4, -0.2) is 12.1 Å². The molecule has 1 aromatic heterocycles. The Balaban J connectivity index is 2.11. The maximum atomic E-state index is 5.73. The summed E-state index contributed by atoms with van der Waals surface area (Å²) in [7, 11) is 1.63. The normalized spacial score (nSPS) is 10.8. The van der Waals surface area contributed by atoms with E-state index in [1.165, 1.54) is 0 Å². The van der Waals surface area contributed by atoms with Gasteiger partial charge in [-0.1, -0.05) is 0 Å². The number of hydrogen-bond acceptors (Lipinski definition) is 4. The quantitative estimate of drug-likeness (QED) is 0.729. The molecule has 5 heteroatoms. The van der Waals surface area contributed by atoms with Gasteiger partial charge in [-0.3, -0.25) is 0 Å². The van der Waals surface area contributed by atoms with Crippen LogP contribution in [0.25, 0.3) is 22.6 Å². The average Bonchev–Trinajstić information content (AvgIpc) is 2.81. The molecule has 0 atom stereocenters. The summed E-state index contributed by atoms with van der Waals surface area (Å²) < 4.78 is 11.8. The van der Waals surface area contributed by atoms with Gasteiger partial charge in [0.15, 0.2) is 5.58 Å². The highest BCUT2D eigenvalue weighted by Gasteiger charge is 2.10. The lowest BCUT2D eigenvalue weighted by Gasteiger charge is -2.03. The Hall–Kier alpha value is -2.01. The van der Waals surface area contributed by atoms with Crippen LogP contribution in [0.3, 0.4) is 0 Å². The van der Waals surface area contributed by atoms with Crippen LogP contribution in [0.1, 0.15) is 0 Å². The maximum Gasteiger partial charge on any atom is 0.227 e. The van der Waals surface area contributed by atoms with E-state index in [9.17, 15) is 0 Å². The van der Waals surface area contributed by atoms with Gasteiger partial charge in [-0.15, -0.1) is 0 Å². The molecule has 0 fully saturated rings. The second kappa shape index (κ2) is 4.59. The number of nitrogen functional groups attached to an aromatic ring is 1. The Morgan fingerprint density at radius 3 is 2.79 bits per heavy atom. The van der Waals surface area contributed by atoms with Crippen LogP contribution >= 0.6 is 15.9 Å². The number of aromatic nitrogens is 1. The van der Waals surface area contributed by atoms with E-state index in [0.29, 0.717) is 11.6 Å². The smallest absolute Gasteiger partial charge is 0.227 e. The second-order valence-electron chi connectivity index (χ2n) is 4.10. The number of halogens is 1. The second-order valence-corrected chi connectivity index (χ2v) is 4.95. The van der Waals surface area contributed by atoms with Crippen LogP contribution in [0, 0.1) is 0 Å². The number of methoxy groups -OCH3 is 1. The van der Waals surface area contributed by atoms with Crippen molar-refractivity contribution in [1.29, 1.82) is 0 Å². The van der Waals surface area contributed by atoms with E-state index in [0.717, 1.165) is 26.9 Å². The van der Waals surface area contributed by atoms with Crippen LogP contribution in [0.15, 0.2) is 45.3 Å². The van der Waals surface area contributed by atoms with Gasteiger partial charge in [0.05, 0.1) is 11.6 Å². The fourth-order valence-corrected chi connectivity index (χ4v) is 2.41. The number of nitrogens with two attached hydrogens (primary N) is 1. The minimum absolute atomic E-state index is 0.559. The summed E-state index contributed by atoms with van der Waals surface area (Å²) in [4.78, 5) is 4.43. The zero-order valence-electron chi connectivity index (χ0n) is 10.2. The van der Waals surface area contributed by atoms with Gasteiger partial charge in [-0.25, -0.2) is 4.98 Å². The van der Waals surface area contributed by atoms with E-state index in [1.807, 2.05) is 24.3 Å². The summed E-state index contributed by atoms with van der Waals surface area (Å²) in [6, 6.07) is 11.1. The van der Waals surface area contributed by atoms with E-state index in [2.05, 4.69) is 20.9 Å². The Morgan fingerprint density at radius 1 is 1.21 bits per heavy atom. The van der Waals surface area contributed by atoms with Gasteiger partial charge in [-0.05, 0) is 52.3 Å². The van der Waals surface area contributed by atoms with E-state index in [4.69, 9.17) is 14.9 Å². The number of hydrogen-bond donors (Lipinski definition) is 1. The highest BCUT2D eigenvalue weighted by molar-refractivity contribution is 9.10. The van der Waals surface area contributed by atoms with Crippen molar-refractivity contribution in [1.82, 2.24) is 4.98 Å². The zero-order valence-corrected chi connectivity index (χ0v) is 11.8. The largest absolute Gasteiger partial charge is 0.496 e. The monoisotopic (exact) mass is 318 g/mol. The van der Waals surface area contributed by atoms with Crippen LogP contribution in [0.4, 0.5) is 5.69 Å². The van der Waals surface area contributed by atoms with E-state index < -0.39 is 0 Å². The van der Waals surface area contributed by atoms with Crippen molar-refractivity contribution in [2.45, 2.75) is 0 Å². The molecule has 3 aromatic rings. The minimum Gasteiger partial charge on any atom is -0.496 e. The third-order valence-corrected chi connectivity index (χ3v) is 3.43. The number of oxazole rings is 1. The lowest BCUT2D eigenvalue weighted by Crippen LogP contribution is -1.85. The first-order valence-electron chi connectivity index (χ1n) is 5.67. The summed E-state index contributed by atoms with van der Waals surface area (Å²) in [5.41, 5.74) is 8.75. The van der Waals surface area contributed by atoms with Crippen LogP contribution in [0.5, 0.6) is 5.75 Å². The molecule has 2 N–H and O–H groups in total. The zero-order chi connectivity index (χ0) is 13.4. The molecule has 0 aliphatic carbocycles. The summed E-state index contributed by atoms with van der Waals surface area (Å²) in [5.74, 6) is 1.33. The van der Waals surface area contributed by atoms with Crippen LogP contribution in [0.2, 0.25) is 0 Å². The third kappa shape index (κ3) is 2.17. The molecule has 19 heavy (non-hydrogen) atoms. The van der Waals surface area contributed by atoms with E-state index in [1.54, 1.807) is 19.2 Å². The Labute approximate surface area is 118 Å². The summed E-state index contributed by atoms with van der Waals surface area (Å²) >= 11 is 3.45. The van der Waals surface area contributed by atoms with Crippen molar-refractivity contribution in [3.8, 4) is 17.2 Å². The van der Waals surface area contributed by atoms with E-state index >= 15 is 0 Å². The molecular weight excluding hydrogens is 308 g/mol. The van der Waals surface area contributed by atoms with Crippen molar-refractivity contribution in [3.63, 3.8) is 0 Å². The molecule has 96 valence electrons. The molecule has 0 amide bonds. The highest BCUT2D eigenvalue weighted by Crippen LogP contribution is 2.31. The van der Waals surface area contributed by atoms with Crippen molar-refractivity contribution < 1.29 is 9.15 Å². The molecule has 1 heterocycles. The predicted octanol–water partition coefficient (Wildman–Crippen LogP) is 3.85. The summed E-state index contributed by atoms with van der Waals surface area (Å²) in [6.45, 7) is 0. The predicted molar refractivity (Wildman–Crippen MR) is 78.1 cm³/mol. The molecule has 4 nitrogen and oxygen atoms in total. The van der Waals surface area contributed by atoms with Crippen molar-refractivity contribution in [2.75, 3.05) is 12.8 Å². The van der Waals surface area contributed by atoms with Crippen LogP contribution in [-0.2, 0) is 0 Å². The fourth-order valence-electron chi connectivity index (χ4n) is 1.87. The molecule has 0 saturated heterocycles. The van der Waals surface area contributed by atoms with Gasteiger partial charge >= 0.3 is 0 Å². The average molecular weight is 319 g/mol. The molecule has 2 aromatic carbocycles. The third-order valence-electron chi connectivity index (χ3n) is 2.81. The van der Waals surface area contributed by atoms with E-state index in [-0.39, 0.29) is 0 Å². The molecule has 0 aliphatic rings. The standard InChI is InChI=1S/C14H11BrN2O2/c1-18-12-4-2-8(6-10(12)15)14-17-11-7-9(16)3-5-13(11)19-14/h2-7H,16H2,1H3. The Bertz CT molecular complexity index is 752.